The Labute approximate surface area is 101 Å². The lowest BCUT2D eigenvalue weighted by molar-refractivity contribution is 0.405. The van der Waals surface area contributed by atoms with Crippen LogP contribution >= 0.6 is 0 Å². The summed E-state index contributed by atoms with van der Waals surface area (Å²) >= 11 is 0. The van der Waals surface area contributed by atoms with Gasteiger partial charge in [-0.3, -0.25) is 0 Å². The zero-order valence-electron chi connectivity index (χ0n) is 10.1. The van der Waals surface area contributed by atoms with E-state index in [-0.39, 0.29) is 11.3 Å². The van der Waals surface area contributed by atoms with E-state index in [9.17, 15) is 8.78 Å². The minimum absolute atomic E-state index is 0.151. The molecule has 0 radical (unpaired) electrons. The van der Waals surface area contributed by atoms with Crippen molar-refractivity contribution in [1.82, 2.24) is 0 Å². The molecule has 0 spiro atoms. The van der Waals surface area contributed by atoms with Crippen LogP contribution in [0.5, 0.6) is 5.75 Å². The molecule has 0 bridgehead atoms. The third kappa shape index (κ3) is 4.30. The van der Waals surface area contributed by atoms with E-state index in [1.165, 1.54) is 19.2 Å². The van der Waals surface area contributed by atoms with Crippen molar-refractivity contribution in [3.8, 4) is 5.75 Å². The Morgan fingerprint density at radius 3 is 2.18 bits per heavy atom. The van der Waals surface area contributed by atoms with Gasteiger partial charge in [-0.05, 0) is 25.8 Å². The fourth-order valence-electron chi connectivity index (χ4n) is 1.74. The molecule has 1 aromatic rings. The minimum atomic E-state index is -0.527. The zero-order valence-corrected chi connectivity index (χ0v) is 10.1. The number of benzene rings is 1. The maximum absolute atomic E-state index is 13.5. The molecule has 0 aliphatic carbocycles. The van der Waals surface area contributed by atoms with Gasteiger partial charge in [0.25, 0.3) is 0 Å². The summed E-state index contributed by atoms with van der Waals surface area (Å²) in [5.74, 6) is -0.840. The SMILES string of the molecule is COc1cc(F)c(CCCCCCN)c(F)c1. The summed E-state index contributed by atoms with van der Waals surface area (Å²) in [4.78, 5) is 0. The Kier molecular flexibility index (Phi) is 5.91. The van der Waals surface area contributed by atoms with Crippen molar-refractivity contribution >= 4 is 0 Å². The van der Waals surface area contributed by atoms with Gasteiger partial charge in [0.05, 0.1) is 7.11 Å². The van der Waals surface area contributed by atoms with Crippen LogP contribution in [0.4, 0.5) is 8.78 Å². The van der Waals surface area contributed by atoms with Gasteiger partial charge in [0.2, 0.25) is 0 Å². The van der Waals surface area contributed by atoms with Gasteiger partial charge < -0.3 is 10.5 Å². The van der Waals surface area contributed by atoms with Crippen molar-refractivity contribution in [3.63, 3.8) is 0 Å². The number of nitrogens with two attached hydrogens (primary N) is 1. The summed E-state index contributed by atoms with van der Waals surface area (Å²) in [6.45, 7) is 0.672. The van der Waals surface area contributed by atoms with Gasteiger partial charge >= 0.3 is 0 Å². The second-order valence-electron chi connectivity index (χ2n) is 4.02. The van der Waals surface area contributed by atoms with E-state index in [2.05, 4.69) is 0 Å². The lowest BCUT2D eigenvalue weighted by Gasteiger charge is -2.07. The standard InChI is InChI=1S/C13H19F2NO/c1-17-10-8-12(14)11(13(15)9-10)6-4-2-3-5-7-16/h8-9H,2-7,16H2,1H3. The van der Waals surface area contributed by atoms with E-state index in [0.717, 1.165) is 25.7 Å². The van der Waals surface area contributed by atoms with Crippen LogP contribution < -0.4 is 10.5 Å². The molecule has 0 atom stereocenters. The first-order valence-electron chi connectivity index (χ1n) is 5.91. The Morgan fingerprint density at radius 2 is 1.65 bits per heavy atom. The van der Waals surface area contributed by atoms with Gasteiger partial charge in [0.15, 0.2) is 0 Å². The lowest BCUT2D eigenvalue weighted by atomic mass is 10.0. The Hall–Kier alpha value is -1.16. The fourth-order valence-corrected chi connectivity index (χ4v) is 1.74. The molecule has 2 N–H and O–H groups in total. The molecular weight excluding hydrogens is 224 g/mol. The van der Waals surface area contributed by atoms with Gasteiger partial charge in [0, 0.05) is 17.7 Å². The molecule has 0 aliphatic heterocycles. The van der Waals surface area contributed by atoms with Gasteiger partial charge in [-0.2, -0.15) is 0 Å². The van der Waals surface area contributed by atoms with Crippen LogP contribution in [0.2, 0.25) is 0 Å². The molecule has 0 fully saturated rings. The van der Waals surface area contributed by atoms with E-state index in [4.69, 9.17) is 10.5 Å². The van der Waals surface area contributed by atoms with Crippen molar-refractivity contribution < 1.29 is 13.5 Å². The zero-order chi connectivity index (χ0) is 12.7. The van der Waals surface area contributed by atoms with Crippen LogP contribution in [0, 0.1) is 11.6 Å². The largest absolute Gasteiger partial charge is 0.497 e. The monoisotopic (exact) mass is 243 g/mol. The van der Waals surface area contributed by atoms with Crippen LogP contribution in [0.1, 0.15) is 31.2 Å². The quantitative estimate of drug-likeness (QED) is 0.747. The molecule has 0 amide bonds. The maximum atomic E-state index is 13.5. The molecule has 0 saturated carbocycles. The average molecular weight is 243 g/mol. The third-order valence-electron chi connectivity index (χ3n) is 2.73. The molecule has 0 heterocycles. The normalized spacial score (nSPS) is 10.6. The molecule has 0 unspecified atom stereocenters. The van der Waals surface area contributed by atoms with Crippen LogP contribution in [0.15, 0.2) is 12.1 Å². The molecule has 1 rings (SSSR count). The topological polar surface area (TPSA) is 35.2 Å². The highest BCUT2D eigenvalue weighted by Crippen LogP contribution is 2.22. The van der Waals surface area contributed by atoms with E-state index < -0.39 is 11.6 Å². The van der Waals surface area contributed by atoms with Crippen LogP contribution in [0.3, 0.4) is 0 Å². The van der Waals surface area contributed by atoms with Crippen LogP contribution in [-0.2, 0) is 6.42 Å². The highest BCUT2D eigenvalue weighted by molar-refractivity contribution is 5.30. The Morgan fingerprint density at radius 1 is 1.06 bits per heavy atom. The van der Waals surface area contributed by atoms with Gasteiger partial charge in [-0.1, -0.05) is 12.8 Å². The molecular formula is C13H19F2NO. The number of ether oxygens (including phenoxy) is 1. The number of halogens is 2. The van der Waals surface area contributed by atoms with Crippen molar-refractivity contribution in [3.05, 3.63) is 29.3 Å². The second kappa shape index (κ2) is 7.22. The van der Waals surface area contributed by atoms with E-state index >= 15 is 0 Å². The van der Waals surface area contributed by atoms with Crippen molar-refractivity contribution in [2.45, 2.75) is 32.1 Å². The molecule has 96 valence electrons. The number of methoxy groups -OCH3 is 1. The van der Waals surface area contributed by atoms with Gasteiger partial charge in [-0.15, -0.1) is 0 Å². The van der Waals surface area contributed by atoms with Gasteiger partial charge in [-0.25, -0.2) is 8.78 Å². The van der Waals surface area contributed by atoms with Crippen molar-refractivity contribution in [2.24, 2.45) is 5.73 Å². The molecule has 17 heavy (non-hydrogen) atoms. The second-order valence-corrected chi connectivity index (χ2v) is 4.02. The molecule has 0 aliphatic rings. The predicted molar refractivity (Wildman–Crippen MR) is 64.1 cm³/mol. The number of hydrogen-bond acceptors (Lipinski definition) is 2. The van der Waals surface area contributed by atoms with Crippen molar-refractivity contribution in [1.29, 1.82) is 0 Å². The molecule has 0 saturated heterocycles. The molecule has 2 nitrogen and oxygen atoms in total. The number of hydrogen-bond donors (Lipinski definition) is 1. The average Bonchev–Trinajstić information content (AvgIpc) is 2.31. The maximum Gasteiger partial charge on any atom is 0.133 e. The lowest BCUT2D eigenvalue weighted by Crippen LogP contribution is -2.00. The van der Waals surface area contributed by atoms with Crippen molar-refractivity contribution in [2.75, 3.05) is 13.7 Å². The van der Waals surface area contributed by atoms with Crippen LogP contribution in [-0.4, -0.2) is 13.7 Å². The first-order valence-corrected chi connectivity index (χ1v) is 5.91. The minimum Gasteiger partial charge on any atom is -0.497 e. The van der Waals surface area contributed by atoms with E-state index in [1.54, 1.807) is 0 Å². The summed E-state index contributed by atoms with van der Waals surface area (Å²) in [5, 5.41) is 0. The predicted octanol–water partition coefficient (Wildman–Crippen LogP) is 3.04. The molecule has 0 aromatic heterocycles. The summed E-state index contributed by atoms with van der Waals surface area (Å²) in [7, 11) is 1.39. The Balaban J connectivity index is 2.53. The first-order chi connectivity index (χ1) is 8.19. The van der Waals surface area contributed by atoms with E-state index in [1.807, 2.05) is 0 Å². The summed E-state index contributed by atoms with van der Waals surface area (Å²) in [5.41, 5.74) is 5.52. The highest BCUT2D eigenvalue weighted by atomic mass is 19.1. The summed E-state index contributed by atoms with van der Waals surface area (Å²) in [6, 6.07) is 2.44. The summed E-state index contributed by atoms with van der Waals surface area (Å²) < 4.78 is 31.9. The fraction of sp³-hybridized carbons (Fsp3) is 0.538. The third-order valence-corrected chi connectivity index (χ3v) is 2.73. The molecule has 4 heteroatoms. The Bertz CT molecular complexity index is 332. The number of rotatable bonds is 7. The van der Waals surface area contributed by atoms with E-state index in [0.29, 0.717) is 13.0 Å². The van der Waals surface area contributed by atoms with Gasteiger partial charge in [0.1, 0.15) is 17.4 Å². The molecule has 1 aromatic carbocycles. The van der Waals surface area contributed by atoms with Crippen LogP contribution in [0.25, 0.3) is 0 Å². The summed E-state index contributed by atoms with van der Waals surface area (Å²) in [6.07, 6.45) is 4.12. The smallest absolute Gasteiger partial charge is 0.133 e. The highest BCUT2D eigenvalue weighted by Gasteiger charge is 2.11. The number of unbranched alkanes of at least 4 members (excludes halogenated alkanes) is 3. The first kappa shape index (κ1) is 13.9.